The van der Waals surface area contributed by atoms with Crippen molar-refractivity contribution in [2.75, 3.05) is 12.4 Å². The number of nitrogens with one attached hydrogen (secondary N) is 1. The Kier molecular flexibility index (Phi) is 7.05. The third-order valence-corrected chi connectivity index (χ3v) is 6.45. The summed E-state index contributed by atoms with van der Waals surface area (Å²) < 4.78 is 16.9. The minimum Gasteiger partial charge on any atom is -0.495 e. The number of benzene rings is 3. The molecule has 1 atom stereocenters. The molecular formula is C27H23Cl2NO5. The largest absolute Gasteiger partial charge is 0.495 e. The van der Waals surface area contributed by atoms with Crippen LogP contribution in [0.1, 0.15) is 34.2 Å². The number of aryl methyl sites for hydroxylation is 2. The zero-order valence-corrected chi connectivity index (χ0v) is 21.1. The summed E-state index contributed by atoms with van der Waals surface area (Å²) in [7, 11) is 1.49. The quantitative estimate of drug-likeness (QED) is 0.270. The average Bonchev–Trinajstić information content (AvgIpc) is 3.20. The van der Waals surface area contributed by atoms with Crippen LogP contribution in [0.15, 0.2) is 59.0 Å². The lowest BCUT2D eigenvalue weighted by molar-refractivity contribution is -0.122. The van der Waals surface area contributed by atoms with E-state index in [1.807, 2.05) is 13.8 Å². The molecule has 0 aliphatic carbocycles. The van der Waals surface area contributed by atoms with Crippen LogP contribution in [0.5, 0.6) is 11.5 Å². The Bertz CT molecular complexity index is 1420. The number of carbonyl (C=O) groups excluding carboxylic acids is 2. The Hall–Kier alpha value is -3.48. The summed E-state index contributed by atoms with van der Waals surface area (Å²) in [6.45, 7) is 5.36. The molecule has 0 saturated heterocycles. The number of hydrogen-bond acceptors (Lipinski definition) is 5. The molecule has 35 heavy (non-hydrogen) atoms. The third-order valence-electron chi connectivity index (χ3n) is 5.56. The SMILES string of the molecule is COc1ccc(C(=O)c2oc3ccccc3c2NC(=O)C(C)Oc2cc(C)c(Cl)c(C)c2)cc1Cl. The van der Waals surface area contributed by atoms with E-state index in [1.54, 1.807) is 55.5 Å². The molecule has 0 fully saturated rings. The van der Waals surface area contributed by atoms with Crippen LogP contribution >= 0.6 is 23.2 Å². The normalized spacial score (nSPS) is 11.8. The molecular weight excluding hydrogens is 489 g/mol. The molecule has 0 bridgehead atoms. The summed E-state index contributed by atoms with van der Waals surface area (Å²) >= 11 is 12.4. The maximum atomic E-state index is 13.3. The second-order valence-corrected chi connectivity index (χ2v) is 8.89. The van der Waals surface area contributed by atoms with Crippen molar-refractivity contribution in [3.63, 3.8) is 0 Å². The highest BCUT2D eigenvalue weighted by molar-refractivity contribution is 6.33. The Morgan fingerprint density at radius 1 is 1.00 bits per heavy atom. The van der Waals surface area contributed by atoms with Crippen molar-refractivity contribution in [1.82, 2.24) is 0 Å². The van der Waals surface area contributed by atoms with Gasteiger partial charge in [-0.15, -0.1) is 0 Å². The van der Waals surface area contributed by atoms with Gasteiger partial charge in [-0.25, -0.2) is 0 Å². The van der Waals surface area contributed by atoms with Crippen LogP contribution in [0.4, 0.5) is 5.69 Å². The summed E-state index contributed by atoms with van der Waals surface area (Å²) in [5.41, 5.74) is 2.72. The highest BCUT2D eigenvalue weighted by Gasteiger charge is 2.26. The number of halogens is 2. The highest BCUT2D eigenvalue weighted by atomic mass is 35.5. The first-order valence-electron chi connectivity index (χ1n) is 10.8. The topological polar surface area (TPSA) is 77.8 Å². The van der Waals surface area contributed by atoms with Gasteiger partial charge in [0.1, 0.15) is 17.1 Å². The molecule has 0 aliphatic rings. The molecule has 3 aromatic carbocycles. The number of fused-ring (bicyclic) bond motifs is 1. The van der Waals surface area contributed by atoms with E-state index in [9.17, 15) is 9.59 Å². The fraction of sp³-hybridized carbons (Fsp3) is 0.185. The van der Waals surface area contributed by atoms with Crippen LogP contribution in [-0.2, 0) is 4.79 Å². The molecule has 0 saturated carbocycles. The van der Waals surface area contributed by atoms with Gasteiger partial charge in [-0.05, 0) is 74.4 Å². The van der Waals surface area contributed by atoms with Crippen LogP contribution in [0.2, 0.25) is 10.0 Å². The summed E-state index contributed by atoms with van der Waals surface area (Å²) in [4.78, 5) is 26.4. The van der Waals surface area contributed by atoms with Gasteiger partial charge in [-0.1, -0.05) is 35.3 Å². The van der Waals surface area contributed by atoms with Gasteiger partial charge in [0, 0.05) is 16.0 Å². The Balaban J connectivity index is 1.65. The van der Waals surface area contributed by atoms with Crippen LogP contribution < -0.4 is 14.8 Å². The van der Waals surface area contributed by atoms with Gasteiger partial charge in [0.15, 0.2) is 11.9 Å². The number of amides is 1. The van der Waals surface area contributed by atoms with E-state index < -0.39 is 17.8 Å². The average molecular weight is 512 g/mol. The lowest BCUT2D eigenvalue weighted by atomic mass is 10.1. The van der Waals surface area contributed by atoms with Crippen molar-refractivity contribution in [2.24, 2.45) is 0 Å². The molecule has 4 rings (SSSR count). The molecule has 0 aliphatic heterocycles. The van der Waals surface area contributed by atoms with E-state index in [1.165, 1.54) is 13.2 Å². The predicted molar refractivity (Wildman–Crippen MR) is 137 cm³/mol. The van der Waals surface area contributed by atoms with Crippen molar-refractivity contribution in [3.8, 4) is 11.5 Å². The van der Waals surface area contributed by atoms with Gasteiger partial charge in [-0.2, -0.15) is 0 Å². The van der Waals surface area contributed by atoms with Crippen LogP contribution in [0, 0.1) is 13.8 Å². The van der Waals surface area contributed by atoms with Gasteiger partial charge >= 0.3 is 0 Å². The Morgan fingerprint density at radius 3 is 2.34 bits per heavy atom. The maximum absolute atomic E-state index is 13.3. The van der Waals surface area contributed by atoms with E-state index in [0.717, 1.165) is 11.1 Å². The molecule has 1 aromatic heterocycles. The standard InChI is InChI=1S/C27H23Cl2NO5/c1-14-11-18(12-15(2)23(14)29)34-16(3)27(32)30-24-19-7-5-6-8-21(19)35-26(24)25(31)17-9-10-22(33-4)20(28)13-17/h5-13,16H,1-4H3,(H,30,32). The summed E-state index contributed by atoms with van der Waals surface area (Å²) in [6, 6.07) is 15.3. The fourth-order valence-corrected chi connectivity index (χ4v) is 4.09. The molecule has 8 heteroatoms. The smallest absolute Gasteiger partial charge is 0.265 e. The van der Waals surface area contributed by atoms with Gasteiger partial charge in [0.2, 0.25) is 5.78 Å². The van der Waals surface area contributed by atoms with Crippen molar-refractivity contribution < 1.29 is 23.5 Å². The minimum absolute atomic E-state index is 0.00818. The zero-order valence-electron chi connectivity index (χ0n) is 19.6. The summed E-state index contributed by atoms with van der Waals surface area (Å²) in [5.74, 6) is 0.0848. The number of carbonyl (C=O) groups is 2. The molecule has 1 unspecified atom stereocenters. The second-order valence-electron chi connectivity index (χ2n) is 8.10. The van der Waals surface area contributed by atoms with Crippen LogP contribution in [-0.4, -0.2) is 24.9 Å². The lowest BCUT2D eigenvalue weighted by Gasteiger charge is -2.16. The van der Waals surface area contributed by atoms with E-state index in [2.05, 4.69) is 5.32 Å². The van der Waals surface area contributed by atoms with Gasteiger partial charge in [-0.3, -0.25) is 9.59 Å². The van der Waals surface area contributed by atoms with E-state index >= 15 is 0 Å². The van der Waals surface area contributed by atoms with E-state index in [4.69, 9.17) is 37.1 Å². The van der Waals surface area contributed by atoms with Crippen molar-refractivity contribution in [1.29, 1.82) is 0 Å². The highest BCUT2D eigenvalue weighted by Crippen LogP contribution is 2.34. The van der Waals surface area contributed by atoms with Crippen molar-refractivity contribution in [2.45, 2.75) is 26.9 Å². The number of hydrogen-bond donors (Lipinski definition) is 1. The van der Waals surface area contributed by atoms with E-state index in [-0.39, 0.29) is 16.5 Å². The number of furan rings is 1. The number of ether oxygens (including phenoxy) is 2. The number of rotatable bonds is 7. The molecule has 1 amide bonds. The summed E-state index contributed by atoms with van der Waals surface area (Å²) in [5, 5.41) is 4.35. The maximum Gasteiger partial charge on any atom is 0.265 e. The summed E-state index contributed by atoms with van der Waals surface area (Å²) in [6.07, 6.45) is -0.859. The van der Waals surface area contributed by atoms with Crippen molar-refractivity contribution in [3.05, 3.63) is 87.1 Å². The molecule has 180 valence electrons. The lowest BCUT2D eigenvalue weighted by Crippen LogP contribution is -2.30. The second kappa shape index (κ2) is 10.0. The molecule has 4 aromatic rings. The van der Waals surface area contributed by atoms with Crippen molar-refractivity contribution >= 4 is 51.5 Å². The monoisotopic (exact) mass is 511 g/mol. The molecule has 1 N–H and O–H groups in total. The number of ketones is 1. The van der Waals surface area contributed by atoms with Gasteiger partial charge in [0.25, 0.3) is 5.91 Å². The first kappa shape index (κ1) is 24.6. The first-order chi connectivity index (χ1) is 16.7. The third kappa shape index (κ3) is 4.99. The van der Waals surface area contributed by atoms with Crippen LogP contribution in [0.3, 0.4) is 0 Å². The minimum atomic E-state index is -0.859. The zero-order chi connectivity index (χ0) is 25.3. The first-order valence-corrected chi connectivity index (χ1v) is 11.6. The van der Waals surface area contributed by atoms with Gasteiger partial charge in [0.05, 0.1) is 17.8 Å². The Morgan fingerprint density at radius 2 is 1.69 bits per heavy atom. The fourth-order valence-electron chi connectivity index (χ4n) is 3.72. The number of methoxy groups -OCH3 is 1. The number of para-hydroxylation sites is 1. The molecule has 1 heterocycles. The predicted octanol–water partition coefficient (Wildman–Crippen LogP) is 7.00. The molecule has 6 nitrogen and oxygen atoms in total. The Labute approximate surface area is 212 Å². The van der Waals surface area contributed by atoms with E-state index in [0.29, 0.717) is 33.1 Å². The van der Waals surface area contributed by atoms with Gasteiger partial charge < -0.3 is 19.2 Å². The molecule has 0 radical (unpaired) electrons. The molecule has 0 spiro atoms. The number of anilines is 1. The van der Waals surface area contributed by atoms with Crippen LogP contribution in [0.25, 0.3) is 11.0 Å².